The third-order valence-electron chi connectivity index (χ3n) is 4.49. The molecule has 0 saturated carbocycles. The van der Waals surface area contributed by atoms with Gasteiger partial charge < -0.3 is 19.3 Å². The van der Waals surface area contributed by atoms with Crippen LogP contribution in [0.2, 0.25) is 0 Å². The summed E-state index contributed by atoms with van der Waals surface area (Å²) < 4.78 is 10.3. The first-order valence-electron chi connectivity index (χ1n) is 9.71. The van der Waals surface area contributed by atoms with Gasteiger partial charge in [0.15, 0.2) is 0 Å². The number of rotatable bonds is 5. The Morgan fingerprint density at radius 3 is 2.50 bits per heavy atom. The van der Waals surface area contributed by atoms with Crippen LogP contribution in [0.4, 0.5) is 10.6 Å². The van der Waals surface area contributed by atoms with Crippen molar-refractivity contribution in [2.24, 2.45) is 0 Å². The van der Waals surface area contributed by atoms with Crippen LogP contribution in [0.25, 0.3) is 6.08 Å². The first-order valence-corrected chi connectivity index (χ1v) is 9.71. The van der Waals surface area contributed by atoms with Crippen molar-refractivity contribution in [3.63, 3.8) is 0 Å². The van der Waals surface area contributed by atoms with Gasteiger partial charge in [0.2, 0.25) is 0 Å². The van der Waals surface area contributed by atoms with Gasteiger partial charge in [-0.2, -0.15) is 0 Å². The van der Waals surface area contributed by atoms with Crippen LogP contribution in [0.15, 0.2) is 24.4 Å². The Balaban J connectivity index is 1.88. The molecule has 0 aromatic carbocycles. The summed E-state index contributed by atoms with van der Waals surface area (Å²) in [5, 5.41) is 0. The SMILES string of the molecule is CCOC(=O)/C=C/c1ccc(N(C)C2CCN(C(=O)OC(C)(C)C)CC2)nc1. The maximum absolute atomic E-state index is 12.2. The highest BCUT2D eigenvalue weighted by Crippen LogP contribution is 2.22. The second-order valence-electron chi connectivity index (χ2n) is 7.84. The van der Waals surface area contributed by atoms with Crippen LogP contribution in [0.1, 0.15) is 46.1 Å². The molecular weight excluding hydrogens is 358 g/mol. The lowest BCUT2D eigenvalue weighted by Gasteiger charge is -2.37. The highest BCUT2D eigenvalue weighted by molar-refractivity contribution is 5.87. The van der Waals surface area contributed by atoms with Gasteiger partial charge in [0.25, 0.3) is 0 Å². The molecule has 2 heterocycles. The Morgan fingerprint density at radius 2 is 1.96 bits per heavy atom. The van der Waals surface area contributed by atoms with Crippen molar-refractivity contribution in [3.05, 3.63) is 30.0 Å². The Bertz CT molecular complexity index is 687. The molecule has 7 heteroatoms. The minimum atomic E-state index is -0.474. The molecule has 1 saturated heterocycles. The van der Waals surface area contributed by atoms with Crippen molar-refractivity contribution < 1.29 is 19.1 Å². The minimum absolute atomic E-state index is 0.246. The van der Waals surface area contributed by atoms with Crippen molar-refractivity contribution >= 4 is 24.0 Å². The second-order valence-corrected chi connectivity index (χ2v) is 7.84. The summed E-state index contributed by atoms with van der Waals surface area (Å²) >= 11 is 0. The zero-order valence-electron chi connectivity index (χ0n) is 17.5. The van der Waals surface area contributed by atoms with E-state index in [-0.39, 0.29) is 12.1 Å². The molecule has 0 unspecified atom stereocenters. The molecule has 28 heavy (non-hydrogen) atoms. The zero-order valence-corrected chi connectivity index (χ0v) is 17.5. The quantitative estimate of drug-likeness (QED) is 0.567. The summed E-state index contributed by atoms with van der Waals surface area (Å²) in [6, 6.07) is 4.17. The molecule has 154 valence electrons. The zero-order chi connectivity index (χ0) is 20.7. The Labute approximate surface area is 167 Å². The van der Waals surface area contributed by atoms with E-state index in [4.69, 9.17) is 9.47 Å². The first kappa shape index (κ1) is 21.7. The van der Waals surface area contributed by atoms with E-state index in [2.05, 4.69) is 9.88 Å². The average molecular weight is 389 g/mol. The number of carbonyl (C=O) groups is 2. The Kier molecular flexibility index (Phi) is 7.43. The van der Waals surface area contributed by atoms with E-state index in [9.17, 15) is 9.59 Å². The molecule has 1 amide bonds. The fraction of sp³-hybridized carbons (Fsp3) is 0.571. The summed E-state index contributed by atoms with van der Waals surface area (Å²) in [5.74, 6) is 0.504. The fourth-order valence-corrected chi connectivity index (χ4v) is 3.01. The van der Waals surface area contributed by atoms with Crippen molar-refractivity contribution in [2.45, 2.75) is 52.2 Å². The number of carbonyl (C=O) groups excluding carboxylic acids is 2. The molecule has 1 fully saturated rings. The Hall–Kier alpha value is -2.57. The number of ether oxygens (including phenoxy) is 2. The molecule has 1 aromatic heterocycles. The molecule has 0 N–H and O–H groups in total. The van der Waals surface area contributed by atoms with Crippen LogP contribution < -0.4 is 4.90 Å². The van der Waals surface area contributed by atoms with Gasteiger partial charge in [-0.25, -0.2) is 14.6 Å². The smallest absolute Gasteiger partial charge is 0.410 e. The van der Waals surface area contributed by atoms with Gasteiger partial charge in [-0.3, -0.25) is 0 Å². The maximum atomic E-state index is 12.2. The number of aromatic nitrogens is 1. The second kappa shape index (κ2) is 9.57. The van der Waals surface area contributed by atoms with Gasteiger partial charge >= 0.3 is 12.1 Å². The van der Waals surface area contributed by atoms with Crippen molar-refractivity contribution in [2.75, 3.05) is 31.6 Å². The van der Waals surface area contributed by atoms with Gasteiger partial charge in [0.05, 0.1) is 6.61 Å². The largest absolute Gasteiger partial charge is 0.463 e. The van der Waals surface area contributed by atoms with Gasteiger partial charge in [-0.05, 0) is 64.3 Å². The van der Waals surface area contributed by atoms with Crippen LogP contribution in [-0.4, -0.2) is 60.3 Å². The molecule has 1 aliphatic heterocycles. The first-order chi connectivity index (χ1) is 13.2. The average Bonchev–Trinajstić information content (AvgIpc) is 2.65. The summed E-state index contributed by atoms with van der Waals surface area (Å²) in [7, 11) is 2.02. The third kappa shape index (κ3) is 6.55. The van der Waals surface area contributed by atoms with Gasteiger partial charge in [0, 0.05) is 38.5 Å². The molecule has 0 spiro atoms. The summed E-state index contributed by atoms with van der Waals surface area (Å²) in [6.45, 7) is 9.11. The van der Waals surface area contributed by atoms with E-state index in [1.807, 2.05) is 40.0 Å². The molecular formula is C21H31N3O4. The van der Waals surface area contributed by atoms with Crippen molar-refractivity contribution in [1.29, 1.82) is 0 Å². The minimum Gasteiger partial charge on any atom is -0.463 e. The number of likely N-dealkylation sites (tertiary alicyclic amines) is 1. The molecule has 0 bridgehead atoms. The van der Waals surface area contributed by atoms with Crippen LogP contribution >= 0.6 is 0 Å². The molecule has 0 aliphatic carbocycles. The maximum Gasteiger partial charge on any atom is 0.410 e. The summed E-state index contributed by atoms with van der Waals surface area (Å²) in [5.41, 5.74) is 0.364. The monoisotopic (exact) mass is 389 g/mol. The standard InChI is InChI=1S/C21H31N3O4/c1-6-27-19(25)10-8-16-7-9-18(22-15-16)23(5)17-11-13-24(14-12-17)20(26)28-21(2,3)4/h7-10,15,17H,6,11-14H2,1-5H3/b10-8+. The van der Waals surface area contributed by atoms with E-state index >= 15 is 0 Å². The number of piperidine rings is 1. The summed E-state index contributed by atoms with van der Waals surface area (Å²) in [4.78, 5) is 32.0. The number of anilines is 1. The van der Waals surface area contributed by atoms with Crippen LogP contribution in [0.3, 0.4) is 0 Å². The third-order valence-corrected chi connectivity index (χ3v) is 4.49. The Morgan fingerprint density at radius 1 is 1.29 bits per heavy atom. The molecule has 1 aliphatic rings. The normalized spacial score (nSPS) is 15.5. The number of hydrogen-bond acceptors (Lipinski definition) is 6. The van der Waals surface area contributed by atoms with Gasteiger partial charge in [0.1, 0.15) is 11.4 Å². The molecule has 0 radical (unpaired) electrons. The van der Waals surface area contributed by atoms with E-state index in [0.717, 1.165) is 24.2 Å². The van der Waals surface area contributed by atoms with Gasteiger partial charge in [-0.1, -0.05) is 0 Å². The van der Waals surface area contributed by atoms with E-state index < -0.39 is 5.60 Å². The number of nitrogens with zero attached hydrogens (tertiary/aromatic N) is 3. The predicted octanol–water partition coefficient (Wildman–Crippen LogP) is 3.49. The van der Waals surface area contributed by atoms with Crippen molar-refractivity contribution in [1.82, 2.24) is 9.88 Å². The number of amides is 1. The molecule has 1 aromatic rings. The van der Waals surface area contributed by atoms with E-state index in [0.29, 0.717) is 25.7 Å². The molecule has 7 nitrogen and oxygen atoms in total. The lowest BCUT2D eigenvalue weighted by Crippen LogP contribution is -2.47. The van der Waals surface area contributed by atoms with E-state index in [1.54, 1.807) is 24.1 Å². The molecule has 2 rings (SSSR count). The summed E-state index contributed by atoms with van der Waals surface area (Å²) in [6.07, 6.45) is 6.30. The molecule has 0 atom stereocenters. The van der Waals surface area contributed by atoms with Crippen LogP contribution in [0, 0.1) is 0 Å². The van der Waals surface area contributed by atoms with Crippen LogP contribution in [-0.2, 0) is 14.3 Å². The number of pyridine rings is 1. The van der Waals surface area contributed by atoms with Crippen molar-refractivity contribution in [3.8, 4) is 0 Å². The lowest BCUT2D eigenvalue weighted by atomic mass is 10.0. The number of esters is 1. The fourth-order valence-electron chi connectivity index (χ4n) is 3.01. The van der Waals surface area contributed by atoms with Gasteiger partial charge in [-0.15, -0.1) is 0 Å². The topological polar surface area (TPSA) is 72.0 Å². The lowest BCUT2D eigenvalue weighted by molar-refractivity contribution is -0.137. The predicted molar refractivity (Wildman–Crippen MR) is 109 cm³/mol. The van der Waals surface area contributed by atoms with Crippen LogP contribution in [0.5, 0.6) is 0 Å². The highest BCUT2D eigenvalue weighted by Gasteiger charge is 2.28. The van der Waals surface area contributed by atoms with E-state index in [1.165, 1.54) is 6.08 Å². The number of hydrogen-bond donors (Lipinski definition) is 0. The highest BCUT2D eigenvalue weighted by atomic mass is 16.6.